The number of nitrogens with zero attached hydrogens (tertiary/aromatic N) is 2. The van der Waals surface area contributed by atoms with Crippen LogP contribution in [-0.4, -0.2) is 90.1 Å². The molecule has 0 saturated heterocycles. The molecular weight excluding hydrogens is 1160 g/mol. The zero-order valence-electron chi connectivity index (χ0n) is 53.3. The molecule has 0 aliphatic heterocycles. The minimum absolute atomic E-state index is 0.0435. The fourth-order valence-corrected chi connectivity index (χ4v) is 8.88. The monoisotopic (exact) mass is 1250 g/mol. The maximum atomic E-state index is 13.7. The molecule has 0 fully saturated rings. The number of ketones is 1. The average Bonchev–Trinajstić information content (AvgIpc) is 1.28. The van der Waals surface area contributed by atoms with Gasteiger partial charge < -0.3 is 43.4 Å². The standard InChI is InChI=1S/C44H49F3N2O8.C27H37NO5/c1-6-7-8-9-10-25-55-34-20-14-32(15-21-34)42(53)56-35-18-11-30(12-19-35)28-49(29-40(51)57-43(2,3)4)41(52)38-23-16-33(27-48-38)39(50)24-17-31-13-22-36(54-5)26-37(31)44(45,46)47;1-5-6-7-8-9-18-31-23-16-12-22(13-17-23)26(30)32-24-14-10-21(11-15-24)19-28-20-25(29)33-27(2,3)4/h11-16,18-23,26-27H,6-10,17,24-25,28-29H2,1-5H3;10-17,28H,5-9,18-20H2,1-4H3. The van der Waals surface area contributed by atoms with Crippen LogP contribution in [0, 0.1) is 0 Å². The number of methoxy groups -OCH3 is 1. The molecule has 1 aromatic heterocycles. The normalized spacial score (nSPS) is 11.3. The number of hydrogen-bond donors (Lipinski definition) is 1. The molecule has 5 aromatic carbocycles. The van der Waals surface area contributed by atoms with Crippen LogP contribution >= 0.6 is 0 Å². The molecule has 484 valence electrons. The van der Waals surface area contributed by atoms with Gasteiger partial charge in [-0.2, -0.15) is 13.2 Å². The fraction of sp³-hybridized carbons (Fsp3) is 0.423. The number of pyridine rings is 1. The number of hydrogen-bond acceptors (Lipinski definition) is 15. The summed E-state index contributed by atoms with van der Waals surface area (Å²) in [6.45, 7) is 16.5. The predicted octanol–water partition coefficient (Wildman–Crippen LogP) is 15.2. The van der Waals surface area contributed by atoms with Crippen LogP contribution in [0.1, 0.15) is 190 Å². The van der Waals surface area contributed by atoms with E-state index in [2.05, 4.69) is 24.1 Å². The Kier molecular flexibility index (Phi) is 29.0. The van der Waals surface area contributed by atoms with E-state index < -0.39 is 59.1 Å². The summed E-state index contributed by atoms with van der Waals surface area (Å²) in [7, 11) is 1.27. The smallest absolute Gasteiger partial charge is 0.416 e. The van der Waals surface area contributed by atoms with Gasteiger partial charge in [0.2, 0.25) is 0 Å². The lowest BCUT2D eigenvalue weighted by Gasteiger charge is -2.25. The van der Waals surface area contributed by atoms with Crippen LogP contribution in [-0.2, 0) is 44.7 Å². The number of ether oxygens (including phenoxy) is 7. The van der Waals surface area contributed by atoms with Crippen molar-refractivity contribution in [1.82, 2.24) is 15.2 Å². The van der Waals surface area contributed by atoms with Gasteiger partial charge >= 0.3 is 30.1 Å². The van der Waals surface area contributed by atoms with Crippen LogP contribution in [0.4, 0.5) is 13.2 Å². The van der Waals surface area contributed by atoms with Crippen LogP contribution in [0.5, 0.6) is 28.7 Å². The van der Waals surface area contributed by atoms with E-state index in [0.717, 1.165) is 36.6 Å². The number of alkyl halides is 3. The summed E-state index contributed by atoms with van der Waals surface area (Å²) in [5.74, 6) is -0.829. The molecule has 0 atom stereocenters. The van der Waals surface area contributed by atoms with Gasteiger partial charge in [0.05, 0.1) is 43.6 Å². The summed E-state index contributed by atoms with van der Waals surface area (Å²) >= 11 is 0. The third-order valence-corrected chi connectivity index (χ3v) is 13.4. The third-order valence-electron chi connectivity index (χ3n) is 13.4. The SMILES string of the molecule is CCCCCCCOc1ccc(C(=O)Oc2ccc(CN(CC(=O)OC(C)(C)C)C(=O)c3ccc(C(=O)CCc4ccc(OC)cc4C(F)(F)F)cn3)cc2)cc1.CCCCCCCOc1ccc(C(=O)Oc2ccc(CNCC(=O)OC(C)(C)C)cc2)cc1. The number of nitrogens with one attached hydrogen (secondary N) is 1. The van der Waals surface area contributed by atoms with Crippen molar-refractivity contribution in [2.24, 2.45) is 0 Å². The molecular formula is C71H86F3N3O13. The Morgan fingerprint density at radius 2 is 1.00 bits per heavy atom. The highest BCUT2D eigenvalue weighted by molar-refractivity contribution is 5.98. The highest BCUT2D eigenvalue weighted by Gasteiger charge is 2.34. The molecule has 0 spiro atoms. The van der Waals surface area contributed by atoms with Crippen molar-refractivity contribution in [3.05, 3.63) is 178 Å². The third kappa shape index (κ3) is 26.6. The largest absolute Gasteiger partial charge is 0.497 e. The van der Waals surface area contributed by atoms with Gasteiger partial charge in [0.15, 0.2) is 5.78 Å². The quantitative estimate of drug-likeness (QED) is 0.0181. The molecule has 0 aliphatic rings. The number of rotatable bonds is 32. The van der Waals surface area contributed by atoms with E-state index in [9.17, 15) is 41.9 Å². The van der Waals surface area contributed by atoms with Crippen molar-refractivity contribution in [3.8, 4) is 28.7 Å². The number of aryl methyl sites for hydroxylation is 1. The van der Waals surface area contributed by atoms with Crippen molar-refractivity contribution < 1.29 is 75.1 Å². The first-order chi connectivity index (χ1) is 42.8. The van der Waals surface area contributed by atoms with Gasteiger partial charge in [0.1, 0.15) is 52.2 Å². The lowest BCUT2D eigenvalue weighted by atomic mass is 9.99. The maximum absolute atomic E-state index is 13.7. The molecule has 19 heteroatoms. The molecule has 6 rings (SSSR count). The lowest BCUT2D eigenvalue weighted by Crippen LogP contribution is -2.38. The first kappa shape index (κ1) is 72.2. The van der Waals surface area contributed by atoms with E-state index in [-0.39, 0.29) is 60.2 Å². The zero-order valence-corrected chi connectivity index (χ0v) is 53.3. The summed E-state index contributed by atoms with van der Waals surface area (Å²) in [5, 5.41) is 3.05. The van der Waals surface area contributed by atoms with E-state index >= 15 is 0 Å². The lowest BCUT2D eigenvalue weighted by molar-refractivity contribution is -0.156. The second kappa shape index (κ2) is 36.2. The minimum Gasteiger partial charge on any atom is -0.497 e. The van der Waals surface area contributed by atoms with Crippen molar-refractivity contribution in [2.75, 3.05) is 33.4 Å². The van der Waals surface area contributed by atoms with Crippen molar-refractivity contribution in [2.45, 2.75) is 163 Å². The highest BCUT2D eigenvalue weighted by atomic mass is 19.4. The van der Waals surface area contributed by atoms with Crippen molar-refractivity contribution in [1.29, 1.82) is 0 Å². The molecule has 1 amide bonds. The summed E-state index contributed by atoms with van der Waals surface area (Å²) < 4.78 is 79.1. The molecule has 0 unspecified atom stereocenters. The number of Topliss-reactive ketones (excluding diaryl/α,β-unsaturated/α-hetero) is 1. The van der Waals surface area contributed by atoms with Gasteiger partial charge in [-0.15, -0.1) is 0 Å². The number of carbonyl (C=O) groups is 6. The maximum Gasteiger partial charge on any atom is 0.416 e. The Labute approximate surface area is 527 Å². The Morgan fingerprint density at radius 1 is 0.533 bits per heavy atom. The molecule has 90 heavy (non-hydrogen) atoms. The van der Waals surface area contributed by atoms with Gasteiger partial charge in [-0.1, -0.05) is 95.5 Å². The number of benzene rings is 5. The first-order valence-corrected chi connectivity index (χ1v) is 30.6. The summed E-state index contributed by atoms with van der Waals surface area (Å²) in [6.07, 6.45) is 7.75. The molecule has 1 N–H and O–H groups in total. The summed E-state index contributed by atoms with van der Waals surface area (Å²) in [5.41, 5.74) is 0.167. The molecule has 0 saturated carbocycles. The van der Waals surface area contributed by atoms with E-state index in [0.29, 0.717) is 47.9 Å². The second-order valence-electron chi connectivity index (χ2n) is 23.5. The van der Waals surface area contributed by atoms with Gasteiger partial charge in [-0.3, -0.25) is 24.2 Å². The predicted molar refractivity (Wildman–Crippen MR) is 337 cm³/mol. The molecule has 0 bridgehead atoms. The van der Waals surface area contributed by atoms with Crippen LogP contribution < -0.4 is 29.0 Å². The van der Waals surface area contributed by atoms with E-state index in [4.69, 9.17) is 33.2 Å². The summed E-state index contributed by atoms with van der Waals surface area (Å²) in [4.78, 5) is 81.9. The Bertz CT molecular complexity index is 3210. The van der Waals surface area contributed by atoms with E-state index in [1.165, 1.54) is 87.4 Å². The Balaban J connectivity index is 0.000000378. The van der Waals surface area contributed by atoms with Gasteiger partial charge in [0.25, 0.3) is 5.91 Å². The Hall–Kier alpha value is -8.58. The average molecular weight is 1250 g/mol. The molecule has 6 aromatic rings. The van der Waals surface area contributed by atoms with Crippen molar-refractivity contribution in [3.63, 3.8) is 0 Å². The van der Waals surface area contributed by atoms with Crippen LogP contribution in [0.15, 0.2) is 134 Å². The Morgan fingerprint density at radius 3 is 1.47 bits per heavy atom. The molecule has 16 nitrogen and oxygen atoms in total. The zero-order chi connectivity index (χ0) is 65.7. The highest BCUT2D eigenvalue weighted by Crippen LogP contribution is 2.35. The number of aromatic nitrogens is 1. The number of halogens is 3. The second-order valence-corrected chi connectivity index (χ2v) is 23.5. The number of amides is 1. The molecule has 1 heterocycles. The number of esters is 4. The van der Waals surface area contributed by atoms with Gasteiger partial charge in [0, 0.05) is 31.3 Å². The van der Waals surface area contributed by atoms with Crippen LogP contribution in [0.3, 0.4) is 0 Å². The van der Waals surface area contributed by atoms with E-state index in [1.807, 2.05) is 32.9 Å². The summed E-state index contributed by atoms with van der Waals surface area (Å²) in [6, 6.07) is 33.6. The van der Waals surface area contributed by atoms with E-state index in [1.54, 1.807) is 106 Å². The molecule has 0 aliphatic carbocycles. The van der Waals surface area contributed by atoms with Crippen LogP contribution in [0.25, 0.3) is 0 Å². The van der Waals surface area contributed by atoms with Crippen molar-refractivity contribution >= 4 is 35.6 Å². The number of unbranched alkanes of at least 4 members (excludes halogenated alkanes) is 8. The van der Waals surface area contributed by atoms with Gasteiger partial charge in [-0.25, -0.2) is 9.59 Å². The van der Waals surface area contributed by atoms with Crippen LogP contribution in [0.2, 0.25) is 0 Å². The number of carbonyl (C=O) groups excluding carboxylic acids is 6. The topological polar surface area (TPSA) is 195 Å². The molecule has 0 radical (unpaired) electrons. The fourth-order valence-electron chi connectivity index (χ4n) is 8.88. The van der Waals surface area contributed by atoms with Gasteiger partial charge in [-0.05, 0) is 175 Å². The minimum atomic E-state index is -4.63. The first-order valence-electron chi connectivity index (χ1n) is 30.6.